The molecule has 7 rings (SSSR count). The highest BCUT2D eigenvalue weighted by Crippen LogP contribution is 2.48. The van der Waals surface area contributed by atoms with Gasteiger partial charge in [0.2, 0.25) is 5.91 Å². The number of thioether (sulfide) groups is 1. The van der Waals surface area contributed by atoms with E-state index in [1.165, 1.54) is 18.2 Å². The topological polar surface area (TPSA) is 70.9 Å². The molecule has 0 aliphatic carbocycles. The van der Waals surface area contributed by atoms with E-state index in [4.69, 9.17) is 16.3 Å². The Hall–Kier alpha value is -2.99. The molecule has 1 aromatic heterocycles. The zero-order valence-electron chi connectivity index (χ0n) is 23.9. The van der Waals surface area contributed by atoms with Gasteiger partial charge in [0, 0.05) is 77.5 Å². The number of halogens is 3. The lowest BCUT2D eigenvalue weighted by atomic mass is 10.0. The molecule has 5 atom stereocenters. The summed E-state index contributed by atoms with van der Waals surface area (Å²) in [5.74, 6) is -0.474. The molecule has 3 fully saturated rings. The Morgan fingerprint density at radius 2 is 2.02 bits per heavy atom. The van der Waals surface area contributed by atoms with E-state index < -0.39 is 11.6 Å². The molecule has 3 saturated heterocycles. The maximum Gasteiger partial charge on any atom is 0.350 e. The first-order valence-electron chi connectivity index (χ1n) is 14.6. The Morgan fingerprint density at radius 1 is 1.21 bits per heavy atom. The summed E-state index contributed by atoms with van der Waals surface area (Å²) < 4.78 is 36.6. The van der Waals surface area contributed by atoms with Crippen molar-refractivity contribution in [2.24, 2.45) is 0 Å². The second-order valence-corrected chi connectivity index (χ2v) is 13.4. The molecule has 4 aliphatic rings. The molecule has 4 aliphatic heterocycles. The second kappa shape index (κ2) is 10.9. The van der Waals surface area contributed by atoms with E-state index in [1.807, 2.05) is 13.8 Å². The van der Waals surface area contributed by atoms with Gasteiger partial charge in [0.25, 0.3) is 0 Å². The van der Waals surface area contributed by atoms with Crippen molar-refractivity contribution in [1.82, 2.24) is 19.4 Å². The van der Waals surface area contributed by atoms with Crippen molar-refractivity contribution >= 4 is 46.0 Å². The summed E-state index contributed by atoms with van der Waals surface area (Å²) in [5.41, 5.74) is 0.896. The van der Waals surface area contributed by atoms with Crippen LogP contribution in [0.4, 0.5) is 14.6 Å². The van der Waals surface area contributed by atoms with Crippen LogP contribution in [0.3, 0.4) is 0 Å². The van der Waals surface area contributed by atoms with E-state index in [1.54, 1.807) is 27.3 Å². The first-order valence-corrected chi connectivity index (χ1v) is 15.9. The fraction of sp³-hybridized carbons (Fsp3) is 0.452. The lowest BCUT2D eigenvalue weighted by Gasteiger charge is -2.45. The second-order valence-electron chi connectivity index (χ2n) is 12.0. The minimum Gasteiger partial charge on any atom is -0.375 e. The van der Waals surface area contributed by atoms with Crippen molar-refractivity contribution in [3.63, 3.8) is 0 Å². The summed E-state index contributed by atoms with van der Waals surface area (Å²) in [6, 6.07) is 5.09. The van der Waals surface area contributed by atoms with Gasteiger partial charge in [-0.3, -0.25) is 14.3 Å². The molecule has 0 spiro atoms. The van der Waals surface area contributed by atoms with Crippen LogP contribution in [0.1, 0.15) is 26.3 Å². The van der Waals surface area contributed by atoms with E-state index >= 15 is 4.39 Å². The fourth-order valence-electron chi connectivity index (χ4n) is 7.18. The van der Waals surface area contributed by atoms with Crippen molar-refractivity contribution in [1.29, 1.82) is 0 Å². The van der Waals surface area contributed by atoms with Crippen LogP contribution in [0, 0.1) is 11.6 Å². The lowest BCUT2D eigenvalue weighted by molar-refractivity contribution is -0.128. The fourth-order valence-corrected chi connectivity index (χ4v) is 8.86. The van der Waals surface area contributed by atoms with Gasteiger partial charge in [-0.2, -0.15) is 4.98 Å². The van der Waals surface area contributed by atoms with Crippen molar-refractivity contribution in [3.8, 4) is 11.1 Å². The van der Waals surface area contributed by atoms with Gasteiger partial charge in [-0.15, -0.1) is 11.8 Å². The van der Waals surface area contributed by atoms with E-state index in [0.717, 1.165) is 19.0 Å². The molecule has 0 saturated carbocycles. The SMILES string of the molecule is C=CC(=O)N1C[C@H](C)N(c2nc(=O)n3c4c(c(-c5ccc(F)cc5F)c(Cl)cc24)SC[C@@H]3CN2C[C@@H]3C[C@H]2CO3)C[C@H]1C. The van der Waals surface area contributed by atoms with Crippen LogP contribution in [0.5, 0.6) is 0 Å². The summed E-state index contributed by atoms with van der Waals surface area (Å²) in [6.45, 7) is 10.7. The van der Waals surface area contributed by atoms with Gasteiger partial charge in [0.05, 0.1) is 29.3 Å². The number of aromatic nitrogens is 2. The van der Waals surface area contributed by atoms with E-state index in [0.29, 0.717) is 70.2 Å². The number of anilines is 1. The van der Waals surface area contributed by atoms with E-state index in [9.17, 15) is 14.0 Å². The van der Waals surface area contributed by atoms with Crippen LogP contribution in [-0.2, 0) is 9.53 Å². The van der Waals surface area contributed by atoms with Crippen molar-refractivity contribution in [2.45, 2.75) is 55.4 Å². The number of carbonyl (C=O) groups excluding carboxylic acids is 1. The number of morpholine rings is 1. The molecule has 12 heteroatoms. The van der Waals surface area contributed by atoms with E-state index in [2.05, 4.69) is 21.4 Å². The zero-order chi connectivity index (χ0) is 30.2. The minimum atomic E-state index is -0.720. The highest BCUT2D eigenvalue weighted by molar-refractivity contribution is 7.99. The molecule has 3 aromatic rings. The minimum absolute atomic E-state index is 0.141. The Labute approximate surface area is 257 Å². The third kappa shape index (κ3) is 4.75. The van der Waals surface area contributed by atoms with Crippen LogP contribution >= 0.6 is 23.4 Å². The number of piperazine rings is 1. The third-order valence-electron chi connectivity index (χ3n) is 9.26. The van der Waals surface area contributed by atoms with E-state index in [-0.39, 0.29) is 41.4 Å². The van der Waals surface area contributed by atoms with Crippen LogP contribution in [0.15, 0.2) is 46.6 Å². The lowest BCUT2D eigenvalue weighted by Crippen LogP contribution is -2.58. The number of ether oxygens (including phenoxy) is 1. The summed E-state index contributed by atoms with van der Waals surface area (Å²) in [4.78, 5) is 38.1. The predicted molar refractivity (Wildman–Crippen MR) is 164 cm³/mol. The summed E-state index contributed by atoms with van der Waals surface area (Å²) >= 11 is 8.47. The number of likely N-dealkylation sites (tertiary alicyclic amines) is 1. The Balaban J connectivity index is 1.40. The van der Waals surface area contributed by atoms with Crippen LogP contribution in [-0.4, -0.2) is 88.0 Å². The molecule has 0 unspecified atom stereocenters. The molecule has 2 aromatic carbocycles. The van der Waals surface area contributed by atoms with Crippen LogP contribution in [0.2, 0.25) is 5.02 Å². The van der Waals surface area contributed by atoms with Gasteiger partial charge in [-0.25, -0.2) is 13.6 Å². The maximum atomic E-state index is 15.2. The van der Waals surface area contributed by atoms with Gasteiger partial charge in [0.1, 0.15) is 17.5 Å². The quantitative estimate of drug-likeness (QED) is 0.379. The number of rotatable bonds is 5. The molecule has 5 heterocycles. The van der Waals surface area contributed by atoms with Crippen molar-refractivity contribution < 1.29 is 18.3 Å². The normalized spacial score (nSPS) is 26.9. The number of amides is 1. The predicted octanol–water partition coefficient (Wildman–Crippen LogP) is 4.73. The Morgan fingerprint density at radius 3 is 2.72 bits per heavy atom. The number of fused-ring (bicyclic) bond motifs is 2. The van der Waals surface area contributed by atoms with Crippen molar-refractivity contribution in [2.75, 3.05) is 43.4 Å². The summed E-state index contributed by atoms with van der Waals surface area (Å²) in [7, 11) is 0. The Kier molecular flexibility index (Phi) is 7.27. The van der Waals surface area contributed by atoms with Crippen molar-refractivity contribution in [3.05, 3.63) is 64.1 Å². The number of hydrogen-bond acceptors (Lipinski definition) is 7. The molecule has 0 radical (unpaired) electrons. The van der Waals surface area contributed by atoms with Crippen LogP contribution < -0.4 is 10.6 Å². The smallest absolute Gasteiger partial charge is 0.350 e. The molecule has 8 nitrogen and oxygen atoms in total. The maximum absolute atomic E-state index is 15.2. The summed E-state index contributed by atoms with van der Waals surface area (Å²) in [5, 5.41) is 0.985. The first kappa shape index (κ1) is 28.8. The number of carbonyl (C=O) groups is 1. The molecule has 0 N–H and O–H groups in total. The molecule has 226 valence electrons. The summed E-state index contributed by atoms with van der Waals surface area (Å²) in [6.07, 6.45) is 2.54. The molecular formula is C31H32ClF2N5O3S. The largest absolute Gasteiger partial charge is 0.375 e. The number of nitrogens with zero attached hydrogens (tertiary/aromatic N) is 5. The highest BCUT2D eigenvalue weighted by Gasteiger charge is 2.41. The number of benzene rings is 2. The van der Waals surface area contributed by atoms with Crippen LogP contribution in [0.25, 0.3) is 22.0 Å². The average molecular weight is 628 g/mol. The van der Waals surface area contributed by atoms with Gasteiger partial charge in [-0.05, 0) is 44.5 Å². The molecule has 43 heavy (non-hydrogen) atoms. The van der Waals surface area contributed by atoms with Gasteiger partial charge >= 0.3 is 5.69 Å². The molecular weight excluding hydrogens is 596 g/mol. The highest BCUT2D eigenvalue weighted by atomic mass is 35.5. The Bertz CT molecular complexity index is 1720. The van der Waals surface area contributed by atoms with Gasteiger partial charge < -0.3 is 14.5 Å². The molecule has 2 bridgehead atoms. The van der Waals surface area contributed by atoms with Gasteiger partial charge in [-0.1, -0.05) is 18.2 Å². The number of hydrogen-bond donors (Lipinski definition) is 0. The zero-order valence-corrected chi connectivity index (χ0v) is 25.5. The monoisotopic (exact) mass is 627 g/mol. The van der Waals surface area contributed by atoms with Gasteiger partial charge in [0.15, 0.2) is 0 Å². The average Bonchev–Trinajstić information content (AvgIpc) is 3.60. The third-order valence-corrected chi connectivity index (χ3v) is 10.8. The first-order chi connectivity index (χ1) is 20.6. The standard InChI is InChI=1S/C31H32ClF2N5O3S/c1-4-26(40)37-10-17(3)38(11-16(37)2)30-23-9-24(32)27(22-6-5-18(33)7-25(22)34)29-28(23)39(31(41)35-30)20(15-43-29)12-36-13-21-8-19(36)14-42-21/h4-7,9,16-17,19-21H,1,8,10-15H2,2-3H3/t16-,17+,19+,20+,21+/m1/s1. The molecule has 1 amide bonds.